The van der Waals surface area contributed by atoms with E-state index in [1.807, 2.05) is 18.5 Å². The standard InChI is InChI=1S/C8H11N/c1-2-3-4-8-5-6-9-7-8/h2,5-7,9H,1,3-4H2. The minimum atomic E-state index is 1.07. The number of nitrogens with one attached hydrogen (secondary N) is 1. The van der Waals surface area contributed by atoms with Gasteiger partial charge >= 0.3 is 0 Å². The summed E-state index contributed by atoms with van der Waals surface area (Å²) in [4.78, 5) is 3.00. The van der Waals surface area contributed by atoms with E-state index in [1.165, 1.54) is 5.56 Å². The SMILES string of the molecule is C=CCCc1cc[nH]c1. The summed E-state index contributed by atoms with van der Waals surface area (Å²) in [6.07, 6.45) is 8.07. The zero-order valence-corrected chi connectivity index (χ0v) is 5.43. The maximum absolute atomic E-state index is 3.65. The van der Waals surface area contributed by atoms with Gasteiger partial charge < -0.3 is 4.98 Å². The molecule has 1 heterocycles. The van der Waals surface area contributed by atoms with Gasteiger partial charge in [0, 0.05) is 12.4 Å². The molecular weight excluding hydrogens is 110 g/mol. The van der Waals surface area contributed by atoms with Crippen LogP contribution in [0, 0.1) is 0 Å². The van der Waals surface area contributed by atoms with Crippen molar-refractivity contribution in [1.29, 1.82) is 0 Å². The van der Waals surface area contributed by atoms with Gasteiger partial charge in [0.15, 0.2) is 0 Å². The van der Waals surface area contributed by atoms with Gasteiger partial charge in [0.05, 0.1) is 0 Å². The third-order valence-electron chi connectivity index (χ3n) is 1.30. The maximum atomic E-state index is 3.65. The first kappa shape index (κ1) is 6.14. The summed E-state index contributed by atoms with van der Waals surface area (Å²) >= 11 is 0. The van der Waals surface area contributed by atoms with Crippen LogP contribution >= 0.6 is 0 Å². The van der Waals surface area contributed by atoms with Gasteiger partial charge in [0.25, 0.3) is 0 Å². The second-order valence-corrected chi connectivity index (χ2v) is 2.05. The lowest BCUT2D eigenvalue weighted by molar-refractivity contribution is 1.01. The molecule has 0 unspecified atom stereocenters. The highest BCUT2D eigenvalue weighted by Crippen LogP contribution is 2.00. The van der Waals surface area contributed by atoms with Crippen molar-refractivity contribution in [3.63, 3.8) is 0 Å². The Morgan fingerprint density at radius 1 is 1.67 bits per heavy atom. The summed E-state index contributed by atoms with van der Waals surface area (Å²) < 4.78 is 0. The van der Waals surface area contributed by atoms with Gasteiger partial charge in [-0.2, -0.15) is 0 Å². The second kappa shape index (κ2) is 3.13. The zero-order chi connectivity index (χ0) is 6.53. The molecule has 1 nitrogen and oxygen atoms in total. The number of allylic oxidation sites excluding steroid dienone is 1. The summed E-state index contributed by atoms with van der Waals surface area (Å²) in [5, 5.41) is 0. The maximum Gasteiger partial charge on any atom is 0.00374 e. The van der Waals surface area contributed by atoms with Crippen molar-refractivity contribution in [2.24, 2.45) is 0 Å². The Morgan fingerprint density at radius 3 is 3.11 bits per heavy atom. The second-order valence-electron chi connectivity index (χ2n) is 2.05. The topological polar surface area (TPSA) is 15.8 Å². The molecule has 0 aromatic carbocycles. The van der Waals surface area contributed by atoms with E-state index in [1.54, 1.807) is 0 Å². The molecule has 1 rings (SSSR count). The molecule has 48 valence electrons. The van der Waals surface area contributed by atoms with Crippen LogP contribution in [0.3, 0.4) is 0 Å². The lowest BCUT2D eigenvalue weighted by Crippen LogP contribution is -1.75. The van der Waals surface area contributed by atoms with Crippen LogP contribution in [0.5, 0.6) is 0 Å². The van der Waals surface area contributed by atoms with E-state index in [0.717, 1.165) is 12.8 Å². The molecule has 0 aliphatic rings. The van der Waals surface area contributed by atoms with Crippen molar-refractivity contribution in [2.75, 3.05) is 0 Å². The van der Waals surface area contributed by atoms with Crippen LogP contribution in [-0.2, 0) is 6.42 Å². The Bertz CT molecular complexity index is 163. The van der Waals surface area contributed by atoms with Gasteiger partial charge in [0.1, 0.15) is 0 Å². The van der Waals surface area contributed by atoms with Gasteiger partial charge in [-0.05, 0) is 24.5 Å². The summed E-state index contributed by atoms with van der Waals surface area (Å²) in [7, 11) is 0. The summed E-state index contributed by atoms with van der Waals surface area (Å²) in [6.45, 7) is 3.65. The molecule has 1 aromatic rings. The Kier molecular flexibility index (Phi) is 2.13. The van der Waals surface area contributed by atoms with Crippen molar-refractivity contribution in [2.45, 2.75) is 12.8 Å². The molecule has 0 saturated carbocycles. The van der Waals surface area contributed by atoms with Crippen LogP contribution in [0.1, 0.15) is 12.0 Å². The van der Waals surface area contributed by atoms with Crippen molar-refractivity contribution in [1.82, 2.24) is 4.98 Å². The Hall–Kier alpha value is -0.980. The van der Waals surface area contributed by atoms with Crippen LogP contribution in [0.2, 0.25) is 0 Å². The van der Waals surface area contributed by atoms with Gasteiger partial charge in [0.2, 0.25) is 0 Å². The number of aromatic nitrogens is 1. The molecule has 0 fully saturated rings. The molecule has 0 atom stereocenters. The number of rotatable bonds is 3. The van der Waals surface area contributed by atoms with Gasteiger partial charge in [-0.1, -0.05) is 6.08 Å². The number of hydrogen-bond acceptors (Lipinski definition) is 0. The summed E-state index contributed by atoms with van der Waals surface area (Å²) in [6, 6.07) is 2.09. The number of aromatic amines is 1. The van der Waals surface area contributed by atoms with E-state index < -0.39 is 0 Å². The fraction of sp³-hybridized carbons (Fsp3) is 0.250. The fourth-order valence-corrected chi connectivity index (χ4v) is 0.783. The molecule has 1 heteroatoms. The van der Waals surface area contributed by atoms with Crippen LogP contribution in [0.4, 0.5) is 0 Å². The Morgan fingerprint density at radius 2 is 2.56 bits per heavy atom. The van der Waals surface area contributed by atoms with Crippen molar-refractivity contribution in [3.05, 3.63) is 36.7 Å². The summed E-state index contributed by atoms with van der Waals surface area (Å²) in [5.41, 5.74) is 1.36. The fourth-order valence-electron chi connectivity index (χ4n) is 0.783. The highest BCUT2D eigenvalue weighted by atomic mass is 14.6. The number of aryl methyl sites for hydroxylation is 1. The first-order valence-electron chi connectivity index (χ1n) is 3.16. The van der Waals surface area contributed by atoms with E-state index in [2.05, 4.69) is 17.6 Å². The average molecular weight is 121 g/mol. The van der Waals surface area contributed by atoms with E-state index in [9.17, 15) is 0 Å². The molecule has 1 N–H and O–H groups in total. The van der Waals surface area contributed by atoms with Gasteiger partial charge in [-0.25, -0.2) is 0 Å². The predicted molar refractivity (Wildman–Crippen MR) is 39.3 cm³/mol. The molecule has 0 spiro atoms. The smallest absolute Gasteiger partial charge is 0.00374 e. The van der Waals surface area contributed by atoms with E-state index >= 15 is 0 Å². The minimum Gasteiger partial charge on any atom is -0.367 e. The van der Waals surface area contributed by atoms with Gasteiger partial charge in [-0.15, -0.1) is 6.58 Å². The predicted octanol–water partition coefficient (Wildman–Crippen LogP) is 2.13. The van der Waals surface area contributed by atoms with Crippen molar-refractivity contribution < 1.29 is 0 Å². The quantitative estimate of drug-likeness (QED) is 0.590. The van der Waals surface area contributed by atoms with Crippen LogP contribution in [0.15, 0.2) is 31.1 Å². The molecular formula is C8H11N. The average Bonchev–Trinajstić information content (AvgIpc) is 2.34. The van der Waals surface area contributed by atoms with E-state index in [0.29, 0.717) is 0 Å². The lowest BCUT2D eigenvalue weighted by atomic mass is 10.2. The highest BCUT2D eigenvalue weighted by molar-refractivity contribution is 5.08. The molecule has 0 saturated heterocycles. The van der Waals surface area contributed by atoms with Crippen molar-refractivity contribution in [3.8, 4) is 0 Å². The Labute approximate surface area is 55.4 Å². The van der Waals surface area contributed by atoms with Crippen molar-refractivity contribution >= 4 is 0 Å². The molecule has 1 aromatic heterocycles. The van der Waals surface area contributed by atoms with Crippen LogP contribution in [0.25, 0.3) is 0 Å². The number of H-pyrrole nitrogens is 1. The van der Waals surface area contributed by atoms with Gasteiger partial charge in [-0.3, -0.25) is 0 Å². The Balaban J connectivity index is 2.38. The van der Waals surface area contributed by atoms with Crippen LogP contribution < -0.4 is 0 Å². The molecule has 0 aliphatic heterocycles. The molecule has 9 heavy (non-hydrogen) atoms. The lowest BCUT2D eigenvalue weighted by Gasteiger charge is -1.87. The first-order chi connectivity index (χ1) is 4.43. The highest BCUT2D eigenvalue weighted by Gasteiger charge is 1.87. The minimum absolute atomic E-state index is 1.07. The third kappa shape index (κ3) is 1.76. The first-order valence-corrected chi connectivity index (χ1v) is 3.16. The largest absolute Gasteiger partial charge is 0.367 e. The zero-order valence-electron chi connectivity index (χ0n) is 5.43. The molecule has 0 amide bonds. The monoisotopic (exact) mass is 121 g/mol. The van der Waals surface area contributed by atoms with E-state index in [4.69, 9.17) is 0 Å². The van der Waals surface area contributed by atoms with Crippen LogP contribution in [-0.4, -0.2) is 4.98 Å². The molecule has 0 aliphatic carbocycles. The number of hydrogen-bond donors (Lipinski definition) is 1. The molecule has 0 bridgehead atoms. The summed E-state index contributed by atoms with van der Waals surface area (Å²) in [5.74, 6) is 0. The third-order valence-corrected chi connectivity index (χ3v) is 1.30. The van der Waals surface area contributed by atoms with E-state index in [-0.39, 0.29) is 0 Å². The molecule has 0 radical (unpaired) electrons. The normalized spacial score (nSPS) is 9.33.